The fourth-order valence-corrected chi connectivity index (χ4v) is 3.27. The number of unbranched alkanes of at least 4 members (excludes halogenated alkanes) is 7. The van der Waals surface area contributed by atoms with Crippen molar-refractivity contribution in [2.24, 2.45) is 0 Å². The number of rotatable bonds is 10. The molecule has 24 heavy (non-hydrogen) atoms. The van der Waals surface area contributed by atoms with Crippen molar-refractivity contribution >= 4 is 11.8 Å². The van der Waals surface area contributed by atoms with E-state index in [1.54, 1.807) is 31.7 Å². The minimum absolute atomic E-state index is 0.220. The van der Waals surface area contributed by atoms with Crippen molar-refractivity contribution in [3.63, 3.8) is 0 Å². The maximum atomic E-state index is 14.1. The van der Waals surface area contributed by atoms with Crippen molar-refractivity contribution in [1.29, 1.82) is 0 Å². The number of halogens is 1. The summed E-state index contributed by atoms with van der Waals surface area (Å²) in [5.74, 6) is 6.25. The molecule has 0 unspecified atom stereocenters. The topological polar surface area (TPSA) is 20.2 Å². The van der Waals surface area contributed by atoms with Crippen molar-refractivity contribution in [2.75, 3.05) is 5.75 Å². The lowest BCUT2D eigenvalue weighted by Gasteiger charge is -2.06. The predicted molar refractivity (Wildman–Crippen MR) is 103 cm³/mol. The average molecular weight is 351 g/mol. The second kappa shape index (κ2) is 11.6. The van der Waals surface area contributed by atoms with E-state index in [1.165, 1.54) is 51.0 Å². The lowest BCUT2D eigenvalue weighted by atomic mass is 10.1. The van der Waals surface area contributed by atoms with Crippen LogP contribution in [0.4, 0.5) is 4.39 Å². The second-order valence-corrected chi connectivity index (χ2v) is 7.91. The number of benzene rings is 1. The number of thioether (sulfide) groups is 1. The Hall–Kier alpha value is -0.980. The Balaban J connectivity index is 2.27. The monoisotopic (exact) mass is 350 g/mol. The molecule has 3 heteroatoms. The van der Waals surface area contributed by atoms with Crippen LogP contribution in [-0.4, -0.2) is 16.5 Å². The fraction of sp³-hybridized carbons (Fsp3) is 0.619. The van der Waals surface area contributed by atoms with Crippen LogP contribution in [0.5, 0.6) is 0 Å². The van der Waals surface area contributed by atoms with Crippen LogP contribution >= 0.6 is 11.8 Å². The third-order valence-corrected chi connectivity index (χ3v) is 4.83. The number of hydrogen-bond acceptors (Lipinski definition) is 2. The molecule has 134 valence electrons. The Morgan fingerprint density at radius 1 is 1.04 bits per heavy atom. The molecule has 0 atom stereocenters. The summed E-state index contributed by atoms with van der Waals surface area (Å²) < 4.78 is 14.1. The van der Waals surface area contributed by atoms with Gasteiger partial charge >= 0.3 is 0 Å². The van der Waals surface area contributed by atoms with Gasteiger partial charge in [0.15, 0.2) is 0 Å². The van der Waals surface area contributed by atoms with Gasteiger partial charge in [0, 0.05) is 10.5 Å². The molecule has 0 radical (unpaired) electrons. The standard InChI is InChI=1S/C21H31FOS/c1-4-5-6-7-8-9-10-11-16-24-20-13-12-18(17-19(20)22)14-15-21(2,3)23/h12-13,17,23H,4-11,16H2,1-3H3. The Morgan fingerprint density at radius 2 is 1.67 bits per heavy atom. The first-order valence-electron chi connectivity index (χ1n) is 9.10. The Labute approximate surface area is 151 Å². The Kier molecular flexibility index (Phi) is 10.1. The third-order valence-electron chi connectivity index (χ3n) is 3.70. The zero-order valence-electron chi connectivity index (χ0n) is 15.3. The normalized spacial score (nSPS) is 11.2. The van der Waals surface area contributed by atoms with E-state index in [-0.39, 0.29) is 5.82 Å². The lowest BCUT2D eigenvalue weighted by molar-refractivity contribution is 0.143. The van der Waals surface area contributed by atoms with Crippen LogP contribution in [0.15, 0.2) is 23.1 Å². The van der Waals surface area contributed by atoms with Gasteiger partial charge in [-0.15, -0.1) is 11.8 Å². The largest absolute Gasteiger partial charge is 0.378 e. The molecule has 0 heterocycles. The Bertz CT molecular complexity index is 537. The Morgan fingerprint density at radius 3 is 2.25 bits per heavy atom. The van der Waals surface area contributed by atoms with E-state index in [0.717, 1.165) is 12.2 Å². The number of hydrogen-bond donors (Lipinski definition) is 1. The summed E-state index contributed by atoms with van der Waals surface area (Å²) in [5.41, 5.74) is -0.452. The molecule has 1 aromatic carbocycles. The first-order valence-corrected chi connectivity index (χ1v) is 10.1. The minimum atomic E-state index is -1.06. The van der Waals surface area contributed by atoms with Crippen LogP contribution < -0.4 is 0 Å². The summed E-state index contributed by atoms with van der Waals surface area (Å²) in [7, 11) is 0. The summed E-state index contributed by atoms with van der Waals surface area (Å²) in [5, 5.41) is 9.58. The molecule has 0 fully saturated rings. The lowest BCUT2D eigenvalue weighted by Crippen LogP contribution is -2.14. The van der Waals surface area contributed by atoms with E-state index in [9.17, 15) is 9.50 Å². The van der Waals surface area contributed by atoms with E-state index >= 15 is 0 Å². The summed E-state index contributed by atoms with van der Waals surface area (Å²) in [6, 6.07) is 5.06. The molecule has 0 aliphatic carbocycles. The molecule has 1 rings (SSSR count). The van der Waals surface area contributed by atoms with Gasteiger partial charge in [0.05, 0.1) is 0 Å². The molecule has 0 spiro atoms. The molecule has 1 aromatic rings. The van der Waals surface area contributed by atoms with Crippen LogP contribution in [0, 0.1) is 17.7 Å². The van der Waals surface area contributed by atoms with Crippen molar-refractivity contribution in [1.82, 2.24) is 0 Å². The van der Waals surface area contributed by atoms with Gasteiger partial charge in [0.25, 0.3) is 0 Å². The second-order valence-electron chi connectivity index (χ2n) is 6.78. The highest BCUT2D eigenvalue weighted by molar-refractivity contribution is 7.99. The highest BCUT2D eigenvalue weighted by atomic mass is 32.2. The molecule has 0 aliphatic heterocycles. The predicted octanol–water partition coefficient (Wildman–Crippen LogP) is 6.18. The van der Waals surface area contributed by atoms with Gasteiger partial charge in [0.2, 0.25) is 0 Å². The average Bonchev–Trinajstić information content (AvgIpc) is 2.52. The van der Waals surface area contributed by atoms with E-state index < -0.39 is 5.60 Å². The molecular formula is C21H31FOS. The summed E-state index contributed by atoms with van der Waals surface area (Å²) >= 11 is 1.58. The van der Waals surface area contributed by atoms with Gasteiger partial charge in [-0.25, -0.2) is 4.39 Å². The van der Waals surface area contributed by atoms with Crippen LogP contribution in [0.1, 0.15) is 77.7 Å². The van der Waals surface area contributed by atoms with Crippen LogP contribution in [-0.2, 0) is 0 Å². The van der Waals surface area contributed by atoms with Gasteiger partial charge in [-0.3, -0.25) is 0 Å². The summed E-state index contributed by atoms with van der Waals surface area (Å²) in [4.78, 5) is 0.687. The highest BCUT2D eigenvalue weighted by Crippen LogP contribution is 2.24. The first-order chi connectivity index (χ1) is 11.4. The summed E-state index contributed by atoms with van der Waals surface area (Å²) in [6.07, 6.45) is 10.3. The van der Waals surface area contributed by atoms with Gasteiger partial charge < -0.3 is 5.11 Å². The van der Waals surface area contributed by atoms with E-state index in [0.29, 0.717) is 10.5 Å². The zero-order chi connectivity index (χ0) is 17.8. The van der Waals surface area contributed by atoms with Crippen molar-refractivity contribution in [2.45, 2.75) is 82.6 Å². The molecule has 0 saturated heterocycles. The summed E-state index contributed by atoms with van der Waals surface area (Å²) in [6.45, 7) is 5.47. The van der Waals surface area contributed by atoms with E-state index in [4.69, 9.17) is 0 Å². The van der Waals surface area contributed by atoms with Crippen molar-refractivity contribution < 1.29 is 9.50 Å². The molecule has 0 amide bonds. The van der Waals surface area contributed by atoms with Crippen LogP contribution in [0.2, 0.25) is 0 Å². The molecule has 1 nitrogen and oxygen atoms in total. The highest BCUT2D eigenvalue weighted by Gasteiger charge is 2.07. The van der Waals surface area contributed by atoms with E-state index in [1.807, 2.05) is 6.07 Å². The van der Waals surface area contributed by atoms with E-state index in [2.05, 4.69) is 18.8 Å². The maximum absolute atomic E-state index is 14.1. The van der Waals surface area contributed by atoms with Gasteiger partial charge in [0.1, 0.15) is 11.4 Å². The smallest absolute Gasteiger partial charge is 0.137 e. The zero-order valence-corrected chi connectivity index (χ0v) is 16.1. The SMILES string of the molecule is CCCCCCCCCCSc1ccc(C#CC(C)(C)O)cc1F. The fourth-order valence-electron chi connectivity index (χ4n) is 2.34. The molecule has 1 N–H and O–H groups in total. The quantitative estimate of drug-likeness (QED) is 0.309. The van der Waals surface area contributed by atoms with Crippen molar-refractivity contribution in [3.8, 4) is 11.8 Å². The first kappa shape index (κ1) is 21.1. The molecular weight excluding hydrogens is 319 g/mol. The van der Waals surface area contributed by atoms with Gasteiger partial charge in [-0.2, -0.15) is 0 Å². The molecule has 0 bridgehead atoms. The maximum Gasteiger partial charge on any atom is 0.137 e. The third kappa shape index (κ3) is 10.0. The minimum Gasteiger partial charge on any atom is -0.378 e. The molecule has 0 aromatic heterocycles. The number of aliphatic hydroxyl groups is 1. The van der Waals surface area contributed by atoms with Crippen LogP contribution in [0.25, 0.3) is 0 Å². The van der Waals surface area contributed by atoms with Gasteiger partial charge in [-0.1, -0.05) is 63.7 Å². The van der Waals surface area contributed by atoms with Gasteiger partial charge in [-0.05, 0) is 44.2 Å². The molecule has 0 saturated carbocycles. The van der Waals surface area contributed by atoms with Crippen molar-refractivity contribution in [3.05, 3.63) is 29.6 Å². The molecule has 0 aliphatic rings. The van der Waals surface area contributed by atoms with Crippen LogP contribution in [0.3, 0.4) is 0 Å².